The minimum atomic E-state index is 0.481. The van der Waals surface area contributed by atoms with Crippen LogP contribution in [0.2, 0.25) is 0 Å². The standard InChI is InChI=1S/C12H19ClN4/c1-10-11(8-13)9-14-12(15-10)17-5-3-4-16(2)6-7-17/h9H,3-8H2,1-2H3. The van der Waals surface area contributed by atoms with Crippen molar-refractivity contribution in [3.63, 3.8) is 0 Å². The molecule has 0 radical (unpaired) electrons. The Bertz CT molecular complexity index is 383. The van der Waals surface area contributed by atoms with E-state index in [1.807, 2.05) is 13.1 Å². The van der Waals surface area contributed by atoms with Crippen molar-refractivity contribution in [2.24, 2.45) is 0 Å². The molecule has 1 aromatic heterocycles. The number of halogens is 1. The predicted octanol–water partition coefficient (Wildman–Crippen LogP) is 1.67. The van der Waals surface area contributed by atoms with E-state index in [2.05, 4.69) is 26.8 Å². The van der Waals surface area contributed by atoms with Gasteiger partial charge in [-0.25, -0.2) is 9.97 Å². The summed E-state index contributed by atoms with van der Waals surface area (Å²) in [7, 11) is 2.16. The van der Waals surface area contributed by atoms with Crippen LogP contribution in [0.4, 0.5) is 5.95 Å². The van der Waals surface area contributed by atoms with Crippen LogP contribution < -0.4 is 4.90 Å². The predicted molar refractivity (Wildman–Crippen MR) is 70.7 cm³/mol. The van der Waals surface area contributed by atoms with E-state index in [4.69, 9.17) is 11.6 Å². The molecular formula is C12H19ClN4. The summed E-state index contributed by atoms with van der Waals surface area (Å²) in [6.45, 7) is 6.24. The van der Waals surface area contributed by atoms with Crippen molar-refractivity contribution in [3.8, 4) is 0 Å². The third kappa shape index (κ3) is 3.07. The van der Waals surface area contributed by atoms with Gasteiger partial charge in [0.1, 0.15) is 0 Å². The summed E-state index contributed by atoms with van der Waals surface area (Å²) in [5.41, 5.74) is 2.00. The molecule has 1 saturated heterocycles. The zero-order valence-electron chi connectivity index (χ0n) is 10.5. The van der Waals surface area contributed by atoms with Gasteiger partial charge >= 0.3 is 0 Å². The van der Waals surface area contributed by atoms with Crippen molar-refractivity contribution >= 4 is 17.5 Å². The molecular weight excluding hydrogens is 236 g/mol. The molecule has 1 aliphatic rings. The number of aryl methyl sites for hydroxylation is 1. The van der Waals surface area contributed by atoms with Gasteiger partial charge in [0.2, 0.25) is 5.95 Å². The highest BCUT2D eigenvalue weighted by Crippen LogP contribution is 2.14. The Hall–Kier alpha value is -0.870. The molecule has 0 aliphatic carbocycles. The first-order valence-electron chi connectivity index (χ1n) is 6.02. The van der Waals surface area contributed by atoms with Crippen molar-refractivity contribution in [2.45, 2.75) is 19.2 Å². The van der Waals surface area contributed by atoms with Crippen molar-refractivity contribution < 1.29 is 0 Å². The van der Waals surface area contributed by atoms with Gasteiger partial charge in [-0.15, -0.1) is 11.6 Å². The summed E-state index contributed by atoms with van der Waals surface area (Å²) >= 11 is 5.82. The molecule has 4 nitrogen and oxygen atoms in total. The summed E-state index contributed by atoms with van der Waals surface area (Å²) in [6, 6.07) is 0. The lowest BCUT2D eigenvalue weighted by Crippen LogP contribution is -2.30. The van der Waals surface area contributed by atoms with Crippen LogP contribution in [0.3, 0.4) is 0 Å². The molecule has 1 aliphatic heterocycles. The number of rotatable bonds is 2. The molecule has 0 atom stereocenters. The summed E-state index contributed by atoms with van der Waals surface area (Å²) in [5, 5.41) is 0. The van der Waals surface area contributed by atoms with E-state index in [0.717, 1.165) is 49.8 Å². The van der Waals surface area contributed by atoms with Gasteiger partial charge in [0.05, 0.1) is 5.88 Å². The van der Waals surface area contributed by atoms with Crippen molar-refractivity contribution in [2.75, 3.05) is 38.1 Å². The minimum absolute atomic E-state index is 0.481. The Morgan fingerprint density at radius 1 is 1.29 bits per heavy atom. The molecule has 0 spiro atoms. The molecule has 0 saturated carbocycles. The number of alkyl halides is 1. The lowest BCUT2D eigenvalue weighted by molar-refractivity contribution is 0.360. The average Bonchev–Trinajstić information content (AvgIpc) is 2.54. The van der Waals surface area contributed by atoms with Crippen LogP contribution in [-0.4, -0.2) is 48.1 Å². The lowest BCUT2D eigenvalue weighted by atomic mass is 10.3. The number of likely N-dealkylation sites (N-methyl/N-ethyl adjacent to an activating group) is 1. The second-order valence-electron chi connectivity index (χ2n) is 4.56. The van der Waals surface area contributed by atoms with Gasteiger partial charge in [0.25, 0.3) is 0 Å². The second-order valence-corrected chi connectivity index (χ2v) is 4.83. The van der Waals surface area contributed by atoms with Crippen LogP contribution >= 0.6 is 11.6 Å². The third-order valence-electron chi connectivity index (χ3n) is 3.21. The first-order chi connectivity index (χ1) is 8.20. The normalized spacial score (nSPS) is 18.2. The van der Waals surface area contributed by atoms with Crippen LogP contribution in [0.1, 0.15) is 17.7 Å². The molecule has 17 heavy (non-hydrogen) atoms. The van der Waals surface area contributed by atoms with Gasteiger partial charge in [-0.2, -0.15) is 0 Å². The molecule has 1 aromatic rings. The van der Waals surface area contributed by atoms with Gasteiger partial charge in [0.15, 0.2) is 0 Å². The third-order valence-corrected chi connectivity index (χ3v) is 3.50. The fourth-order valence-electron chi connectivity index (χ4n) is 2.01. The van der Waals surface area contributed by atoms with Crippen LogP contribution in [-0.2, 0) is 5.88 Å². The molecule has 2 rings (SSSR count). The Balaban J connectivity index is 2.13. The van der Waals surface area contributed by atoms with E-state index < -0.39 is 0 Å². The summed E-state index contributed by atoms with van der Waals surface area (Å²) in [5.74, 6) is 1.32. The lowest BCUT2D eigenvalue weighted by Gasteiger charge is -2.20. The van der Waals surface area contributed by atoms with Gasteiger partial charge < -0.3 is 9.80 Å². The van der Waals surface area contributed by atoms with Gasteiger partial charge in [0, 0.05) is 37.1 Å². The molecule has 2 heterocycles. The van der Waals surface area contributed by atoms with Gasteiger partial charge in [-0.1, -0.05) is 0 Å². The first-order valence-corrected chi connectivity index (χ1v) is 6.56. The number of nitrogens with zero attached hydrogens (tertiary/aromatic N) is 4. The molecule has 5 heteroatoms. The fourth-order valence-corrected chi connectivity index (χ4v) is 2.27. The Labute approximate surface area is 108 Å². The Kier molecular flexibility index (Phi) is 4.18. The highest BCUT2D eigenvalue weighted by Gasteiger charge is 2.15. The van der Waals surface area contributed by atoms with Crippen molar-refractivity contribution in [1.29, 1.82) is 0 Å². The molecule has 0 unspecified atom stereocenters. The van der Waals surface area contributed by atoms with Crippen molar-refractivity contribution in [3.05, 3.63) is 17.5 Å². The molecule has 1 fully saturated rings. The Morgan fingerprint density at radius 2 is 2.12 bits per heavy atom. The highest BCUT2D eigenvalue weighted by molar-refractivity contribution is 6.17. The molecule has 0 aromatic carbocycles. The smallest absolute Gasteiger partial charge is 0.225 e. The molecule has 0 N–H and O–H groups in total. The number of aromatic nitrogens is 2. The van der Waals surface area contributed by atoms with Crippen LogP contribution in [0.25, 0.3) is 0 Å². The fraction of sp³-hybridized carbons (Fsp3) is 0.667. The SMILES string of the molecule is Cc1nc(N2CCCN(C)CC2)ncc1CCl. The second kappa shape index (κ2) is 5.65. The van der Waals surface area contributed by atoms with Gasteiger partial charge in [-0.3, -0.25) is 0 Å². The van der Waals surface area contributed by atoms with E-state index >= 15 is 0 Å². The Morgan fingerprint density at radius 3 is 2.82 bits per heavy atom. The largest absolute Gasteiger partial charge is 0.339 e. The maximum absolute atomic E-state index is 5.82. The summed E-state index contributed by atoms with van der Waals surface area (Å²) < 4.78 is 0. The zero-order chi connectivity index (χ0) is 12.3. The topological polar surface area (TPSA) is 32.3 Å². The quantitative estimate of drug-likeness (QED) is 0.752. The molecule has 0 amide bonds. The van der Waals surface area contributed by atoms with Crippen molar-refractivity contribution in [1.82, 2.24) is 14.9 Å². The minimum Gasteiger partial charge on any atom is -0.339 e. The maximum atomic E-state index is 5.82. The molecule has 94 valence electrons. The summed E-state index contributed by atoms with van der Waals surface area (Å²) in [6.07, 6.45) is 3.01. The average molecular weight is 255 g/mol. The first kappa shape index (κ1) is 12.6. The van der Waals surface area contributed by atoms with Gasteiger partial charge in [-0.05, 0) is 26.9 Å². The number of anilines is 1. The monoisotopic (exact) mass is 254 g/mol. The van der Waals surface area contributed by atoms with Crippen LogP contribution in [0, 0.1) is 6.92 Å². The van der Waals surface area contributed by atoms with E-state index in [9.17, 15) is 0 Å². The van der Waals surface area contributed by atoms with Crippen LogP contribution in [0.15, 0.2) is 6.20 Å². The number of hydrogen-bond donors (Lipinski definition) is 0. The summed E-state index contributed by atoms with van der Waals surface area (Å²) in [4.78, 5) is 13.6. The van der Waals surface area contributed by atoms with Crippen LogP contribution in [0.5, 0.6) is 0 Å². The zero-order valence-corrected chi connectivity index (χ0v) is 11.2. The van der Waals surface area contributed by atoms with E-state index in [1.54, 1.807) is 0 Å². The maximum Gasteiger partial charge on any atom is 0.225 e. The van der Waals surface area contributed by atoms with E-state index in [1.165, 1.54) is 0 Å². The highest BCUT2D eigenvalue weighted by atomic mass is 35.5. The van der Waals surface area contributed by atoms with E-state index in [-0.39, 0.29) is 0 Å². The molecule has 0 bridgehead atoms. The number of hydrogen-bond acceptors (Lipinski definition) is 4. The van der Waals surface area contributed by atoms with E-state index in [0.29, 0.717) is 5.88 Å².